The van der Waals surface area contributed by atoms with E-state index in [2.05, 4.69) is 48.5 Å². The van der Waals surface area contributed by atoms with Gasteiger partial charge in [-0.1, -0.05) is 48.5 Å². The van der Waals surface area contributed by atoms with E-state index in [1.807, 2.05) is 0 Å². The van der Waals surface area contributed by atoms with Gasteiger partial charge in [-0.2, -0.15) is 0 Å². The maximum absolute atomic E-state index is 6.45. The molecular formula is C16H14Cl2. The van der Waals surface area contributed by atoms with Crippen LogP contribution in [-0.4, -0.2) is 0 Å². The largest absolute Gasteiger partial charge is 0.117 e. The van der Waals surface area contributed by atoms with Crippen LogP contribution in [0.5, 0.6) is 0 Å². The molecule has 0 spiro atoms. The van der Waals surface area contributed by atoms with E-state index in [-0.39, 0.29) is 10.8 Å². The van der Waals surface area contributed by atoms with Gasteiger partial charge in [-0.15, -0.1) is 23.2 Å². The van der Waals surface area contributed by atoms with Gasteiger partial charge >= 0.3 is 0 Å². The Balaban J connectivity index is 2.05. The lowest BCUT2D eigenvalue weighted by Crippen LogP contribution is -2.01. The number of benzene rings is 2. The van der Waals surface area contributed by atoms with Crippen molar-refractivity contribution in [1.29, 1.82) is 0 Å². The van der Waals surface area contributed by atoms with E-state index in [0.29, 0.717) is 0 Å². The van der Waals surface area contributed by atoms with E-state index < -0.39 is 0 Å². The molecule has 0 saturated heterocycles. The van der Waals surface area contributed by atoms with Crippen molar-refractivity contribution in [3.8, 4) is 0 Å². The van der Waals surface area contributed by atoms with E-state index in [1.54, 1.807) is 0 Å². The molecule has 0 unspecified atom stereocenters. The molecule has 92 valence electrons. The normalized spacial score (nSPS) is 22.6. The quantitative estimate of drug-likeness (QED) is 0.591. The van der Waals surface area contributed by atoms with Gasteiger partial charge in [0.15, 0.2) is 0 Å². The fourth-order valence-electron chi connectivity index (χ4n) is 2.37. The average molecular weight is 277 g/mol. The summed E-state index contributed by atoms with van der Waals surface area (Å²) in [4.78, 5) is 0. The first kappa shape index (κ1) is 12.1. The second kappa shape index (κ2) is 4.95. The Morgan fingerprint density at radius 1 is 0.611 bits per heavy atom. The SMILES string of the molecule is Cl[C@@H]1Cc2ccc(cc2)[C@H](Cl)Cc2ccc1cc2. The molecule has 4 aliphatic rings. The van der Waals surface area contributed by atoms with Crippen LogP contribution >= 0.6 is 23.2 Å². The van der Waals surface area contributed by atoms with Crippen molar-refractivity contribution in [3.63, 3.8) is 0 Å². The molecule has 6 rings (SSSR count). The third-order valence-electron chi connectivity index (χ3n) is 3.51. The molecule has 0 fully saturated rings. The minimum atomic E-state index is 0.0381. The number of halogens is 2. The summed E-state index contributed by atoms with van der Waals surface area (Å²) in [6.45, 7) is 0. The Bertz CT molecular complexity index is 477. The minimum absolute atomic E-state index is 0.0381. The van der Waals surface area contributed by atoms with Gasteiger partial charge in [0.2, 0.25) is 0 Å². The van der Waals surface area contributed by atoms with Gasteiger partial charge < -0.3 is 0 Å². The molecule has 0 nitrogen and oxygen atoms in total. The molecule has 0 aliphatic heterocycles. The molecule has 0 aromatic heterocycles. The summed E-state index contributed by atoms with van der Waals surface area (Å²) in [6, 6.07) is 17.0. The zero-order valence-corrected chi connectivity index (χ0v) is 11.5. The highest BCUT2D eigenvalue weighted by Gasteiger charge is 2.14. The van der Waals surface area contributed by atoms with Gasteiger partial charge in [-0.05, 0) is 35.1 Å². The lowest BCUT2D eigenvalue weighted by Gasteiger charge is -2.16. The zero-order chi connectivity index (χ0) is 12.5. The van der Waals surface area contributed by atoms with Crippen LogP contribution in [0.1, 0.15) is 33.0 Å². The zero-order valence-electron chi connectivity index (χ0n) is 9.94. The smallest absolute Gasteiger partial charge is 0.0625 e. The molecular weight excluding hydrogens is 263 g/mol. The van der Waals surface area contributed by atoms with Gasteiger partial charge in [0.25, 0.3) is 0 Å². The van der Waals surface area contributed by atoms with E-state index in [1.165, 1.54) is 22.3 Å². The predicted molar refractivity (Wildman–Crippen MR) is 77.5 cm³/mol. The number of rotatable bonds is 0. The van der Waals surface area contributed by atoms with Crippen LogP contribution in [0.2, 0.25) is 0 Å². The van der Waals surface area contributed by atoms with Crippen LogP contribution in [0.3, 0.4) is 0 Å². The van der Waals surface area contributed by atoms with Crippen molar-refractivity contribution in [1.82, 2.24) is 0 Å². The summed E-state index contributed by atoms with van der Waals surface area (Å²) in [6.07, 6.45) is 1.71. The molecule has 0 amide bonds. The maximum atomic E-state index is 6.45. The fourth-order valence-corrected chi connectivity index (χ4v) is 3.02. The van der Waals surface area contributed by atoms with E-state index >= 15 is 0 Å². The Kier molecular flexibility index (Phi) is 3.32. The Morgan fingerprint density at radius 3 is 1.28 bits per heavy atom. The molecule has 2 aromatic carbocycles. The van der Waals surface area contributed by atoms with Gasteiger partial charge in [0.1, 0.15) is 0 Å². The van der Waals surface area contributed by atoms with Crippen LogP contribution < -0.4 is 0 Å². The molecule has 2 atom stereocenters. The summed E-state index contributed by atoms with van der Waals surface area (Å²) in [5.41, 5.74) is 4.87. The topological polar surface area (TPSA) is 0 Å². The number of hydrogen-bond acceptors (Lipinski definition) is 0. The average Bonchev–Trinajstić information content (AvgIpc) is 2.39. The molecule has 2 heteroatoms. The van der Waals surface area contributed by atoms with Gasteiger partial charge in [-0.3, -0.25) is 0 Å². The molecule has 0 N–H and O–H groups in total. The van der Waals surface area contributed by atoms with E-state index in [9.17, 15) is 0 Å². The summed E-state index contributed by atoms with van der Waals surface area (Å²) in [5.74, 6) is 0. The number of hydrogen-bond donors (Lipinski definition) is 0. The lowest BCUT2D eigenvalue weighted by molar-refractivity contribution is 0.884. The summed E-state index contributed by atoms with van der Waals surface area (Å²) in [5, 5.41) is 0.0762. The van der Waals surface area contributed by atoms with Gasteiger partial charge in [-0.25, -0.2) is 0 Å². The lowest BCUT2D eigenvalue weighted by atomic mass is 9.96. The van der Waals surface area contributed by atoms with Crippen molar-refractivity contribution < 1.29 is 0 Å². The summed E-state index contributed by atoms with van der Waals surface area (Å²) >= 11 is 12.9. The van der Waals surface area contributed by atoms with Crippen molar-refractivity contribution in [2.45, 2.75) is 23.6 Å². The molecule has 4 aliphatic carbocycles. The Labute approximate surface area is 118 Å². The molecule has 18 heavy (non-hydrogen) atoms. The van der Waals surface area contributed by atoms with Crippen LogP contribution in [0, 0.1) is 0 Å². The summed E-state index contributed by atoms with van der Waals surface area (Å²) < 4.78 is 0. The first-order chi connectivity index (χ1) is 8.72. The van der Waals surface area contributed by atoms with Gasteiger partial charge in [0.05, 0.1) is 10.8 Å². The standard InChI is InChI=1S/C16H14Cl2/c17-15-9-11-1-5-13(6-2-11)16(18)10-12-3-7-14(15)8-4-12/h1-8,15-16H,9-10H2/t15-,16-/m1/s1. The van der Waals surface area contributed by atoms with Crippen LogP contribution in [-0.2, 0) is 12.8 Å². The van der Waals surface area contributed by atoms with Crippen LogP contribution in [0.25, 0.3) is 0 Å². The second-order valence-corrected chi connectivity index (χ2v) is 5.88. The van der Waals surface area contributed by atoms with Gasteiger partial charge in [0, 0.05) is 0 Å². The fraction of sp³-hybridized carbons (Fsp3) is 0.250. The molecule has 4 bridgehead atoms. The molecule has 2 aromatic rings. The Hall–Kier alpha value is -0.980. The van der Waals surface area contributed by atoms with Crippen molar-refractivity contribution in [2.75, 3.05) is 0 Å². The molecule has 0 radical (unpaired) electrons. The van der Waals surface area contributed by atoms with Crippen molar-refractivity contribution in [2.24, 2.45) is 0 Å². The van der Waals surface area contributed by atoms with E-state index in [4.69, 9.17) is 23.2 Å². The highest BCUT2D eigenvalue weighted by molar-refractivity contribution is 6.21. The van der Waals surface area contributed by atoms with E-state index in [0.717, 1.165) is 12.8 Å². The van der Waals surface area contributed by atoms with Crippen molar-refractivity contribution >= 4 is 23.2 Å². The van der Waals surface area contributed by atoms with Crippen LogP contribution in [0.4, 0.5) is 0 Å². The van der Waals surface area contributed by atoms with Crippen LogP contribution in [0.15, 0.2) is 48.5 Å². The highest BCUT2D eigenvalue weighted by atomic mass is 35.5. The third-order valence-corrected chi connectivity index (χ3v) is 4.33. The monoisotopic (exact) mass is 276 g/mol. The predicted octanol–water partition coefficient (Wildman–Crippen LogP) is 5.05. The molecule has 0 saturated carbocycles. The first-order valence-electron chi connectivity index (χ1n) is 6.18. The Morgan fingerprint density at radius 2 is 0.944 bits per heavy atom. The third kappa shape index (κ3) is 2.41. The molecule has 0 heterocycles. The minimum Gasteiger partial charge on any atom is -0.117 e. The number of alkyl halides is 2. The first-order valence-corrected chi connectivity index (χ1v) is 7.05. The second-order valence-electron chi connectivity index (χ2n) is 4.83. The highest BCUT2D eigenvalue weighted by Crippen LogP contribution is 2.30. The van der Waals surface area contributed by atoms with Crippen molar-refractivity contribution in [3.05, 3.63) is 70.8 Å². The summed E-state index contributed by atoms with van der Waals surface area (Å²) in [7, 11) is 0. The maximum Gasteiger partial charge on any atom is 0.0625 e.